The topological polar surface area (TPSA) is 53.5 Å². The van der Waals surface area contributed by atoms with Crippen LogP contribution in [0.15, 0.2) is 34.9 Å². The third-order valence-electron chi connectivity index (χ3n) is 2.83. The SMILES string of the molecule is Cc1ccnc(Oc2ccc(Br)c(C3OCCO3)c2)n1. The molecule has 2 heterocycles. The van der Waals surface area contributed by atoms with Gasteiger partial charge in [0.25, 0.3) is 0 Å². The molecular formula is C14H13BrN2O3. The molecular weight excluding hydrogens is 324 g/mol. The van der Waals surface area contributed by atoms with E-state index in [9.17, 15) is 0 Å². The molecule has 0 spiro atoms. The van der Waals surface area contributed by atoms with Gasteiger partial charge in [0.15, 0.2) is 6.29 Å². The molecule has 0 aliphatic carbocycles. The highest BCUT2D eigenvalue weighted by Crippen LogP contribution is 2.33. The van der Waals surface area contributed by atoms with Crippen molar-refractivity contribution in [3.63, 3.8) is 0 Å². The Hall–Kier alpha value is -1.50. The van der Waals surface area contributed by atoms with Crippen LogP contribution in [-0.2, 0) is 9.47 Å². The zero-order valence-electron chi connectivity index (χ0n) is 10.9. The van der Waals surface area contributed by atoms with Crippen molar-refractivity contribution in [2.75, 3.05) is 13.2 Å². The lowest BCUT2D eigenvalue weighted by molar-refractivity contribution is -0.0447. The Bertz CT molecular complexity index is 615. The fraction of sp³-hybridized carbons (Fsp3) is 0.286. The average molecular weight is 337 g/mol. The first-order valence-electron chi connectivity index (χ1n) is 6.22. The summed E-state index contributed by atoms with van der Waals surface area (Å²) in [4.78, 5) is 8.29. The molecule has 2 aromatic rings. The number of benzene rings is 1. The van der Waals surface area contributed by atoms with Gasteiger partial charge in [-0.2, -0.15) is 0 Å². The lowest BCUT2D eigenvalue weighted by Gasteiger charge is -2.13. The number of halogens is 1. The number of rotatable bonds is 3. The van der Waals surface area contributed by atoms with Crippen LogP contribution in [0.1, 0.15) is 17.5 Å². The molecule has 0 atom stereocenters. The van der Waals surface area contributed by atoms with E-state index in [1.165, 1.54) is 0 Å². The quantitative estimate of drug-likeness (QED) is 0.859. The van der Waals surface area contributed by atoms with Gasteiger partial charge in [0.05, 0.1) is 13.2 Å². The van der Waals surface area contributed by atoms with Crippen LogP contribution in [0.3, 0.4) is 0 Å². The third kappa shape index (κ3) is 2.98. The summed E-state index contributed by atoms with van der Waals surface area (Å²) in [7, 11) is 0. The average Bonchev–Trinajstić information content (AvgIpc) is 2.95. The van der Waals surface area contributed by atoms with E-state index in [1.807, 2.05) is 31.2 Å². The molecule has 20 heavy (non-hydrogen) atoms. The van der Waals surface area contributed by atoms with E-state index in [0.29, 0.717) is 25.0 Å². The van der Waals surface area contributed by atoms with Crippen molar-refractivity contribution in [2.24, 2.45) is 0 Å². The number of nitrogens with zero attached hydrogens (tertiary/aromatic N) is 2. The largest absolute Gasteiger partial charge is 0.424 e. The van der Waals surface area contributed by atoms with Crippen molar-refractivity contribution in [1.29, 1.82) is 0 Å². The number of hydrogen-bond acceptors (Lipinski definition) is 5. The maximum absolute atomic E-state index is 5.66. The molecule has 3 rings (SSSR count). The third-order valence-corrected chi connectivity index (χ3v) is 3.55. The van der Waals surface area contributed by atoms with Gasteiger partial charge in [-0.25, -0.2) is 9.97 Å². The molecule has 1 aliphatic rings. The maximum atomic E-state index is 5.66. The molecule has 104 valence electrons. The van der Waals surface area contributed by atoms with Gasteiger partial charge in [0, 0.05) is 21.9 Å². The van der Waals surface area contributed by atoms with Crippen molar-refractivity contribution in [3.8, 4) is 11.8 Å². The predicted octanol–water partition coefficient (Wildman–Crippen LogP) is 3.39. The van der Waals surface area contributed by atoms with Gasteiger partial charge in [-0.05, 0) is 31.2 Å². The summed E-state index contributed by atoms with van der Waals surface area (Å²) in [6, 6.07) is 7.75. The lowest BCUT2D eigenvalue weighted by atomic mass is 10.2. The number of ether oxygens (including phenoxy) is 3. The second-order valence-electron chi connectivity index (χ2n) is 4.34. The van der Waals surface area contributed by atoms with Gasteiger partial charge in [0.1, 0.15) is 5.75 Å². The molecule has 6 heteroatoms. The van der Waals surface area contributed by atoms with Crippen LogP contribution in [0, 0.1) is 6.92 Å². The Kier molecular flexibility index (Phi) is 3.95. The van der Waals surface area contributed by atoms with Crippen molar-refractivity contribution in [1.82, 2.24) is 9.97 Å². The minimum absolute atomic E-state index is 0.325. The zero-order valence-corrected chi connectivity index (χ0v) is 12.5. The van der Waals surface area contributed by atoms with E-state index in [4.69, 9.17) is 14.2 Å². The number of aromatic nitrogens is 2. The Morgan fingerprint density at radius 1 is 1.25 bits per heavy atom. The molecule has 0 radical (unpaired) electrons. The Balaban J connectivity index is 1.85. The van der Waals surface area contributed by atoms with E-state index in [2.05, 4.69) is 25.9 Å². The van der Waals surface area contributed by atoms with Gasteiger partial charge in [-0.1, -0.05) is 15.9 Å². The Labute approximate surface area is 125 Å². The molecule has 0 unspecified atom stereocenters. The van der Waals surface area contributed by atoms with Crippen LogP contribution in [0.4, 0.5) is 0 Å². The van der Waals surface area contributed by atoms with Gasteiger partial charge in [-0.15, -0.1) is 0 Å². The predicted molar refractivity (Wildman–Crippen MR) is 75.6 cm³/mol. The minimum atomic E-state index is -0.355. The van der Waals surface area contributed by atoms with Crippen molar-refractivity contribution in [3.05, 3.63) is 46.2 Å². The summed E-state index contributed by atoms with van der Waals surface area (Å²) < 4.78 is 17.6. The molecule has 5 nitrogen and oxygen atoms in total. The monoisotopic (exact) mass is 336 g/mol. The molecule has 0 saturated carbocycles. The molecule has 1 fully saturated rings. The van der Waals surface area contributed by atoms with Gasteiger partial charge < -0.3 is 14.2 Å². The first-order chi connectivity index (χ1) is 9.72. The minimum Gasteiger partial charge on any atom is -0.424 e. The smallest absolute Gasteiger partial charge is 0.322 e. The van der Waals surface area contributed by atoms with Crippen LogP contribution in [-0.4, -0.2) is 23.2 Å². The first-order valence-corrected chi connectivity index (χ1v) is 7.02. The molecule has 0 N–H and O–H groups in total. The highest BCUT2D eigenvalue weighted by atomic mass is 79.9. The molecule has 1 aromatic carbocycles. The first kappa shape index (κ1) is 13.5. The number of hydrogen-bond donors (Lipinski definition) is 0. The van der Waals surface area contributed by atoms with E-state index in [-0.39, 0.29) is 6.29 Å². The van der Waals surface area contributed by atoms with Gasteiger partial charge in [-0.3, -0.25) is 0 Å². The molecule has 1 saturated heterocycles. The van der Waals surface area contributed by atoms with Gasteiger partial charge >= 0.3 is 6.01 Å². The highest BCUT2D eigenvalue weighted by Gasteiger charge is 2.21. The number of aryl methyl sites for hydroxylation is 1. The lowest BCUT2D eigenvalue weighted by Crippen LogP contribution is -2.00. The van der Waals surface area contributed by atoms with Crippen LogP contribution in [0.5, 0.6) is 11.8 Å². The zero-order chi connectivity index (χ0) is 13.9. The van der Waals surface area contributed by atoms with Crippen molar-refractivity contribution < 1.29 is 14.2 Å². The summed E-state index contributed by atoms with van der Waals surface area (Å²) in [5.74, 6) is 0.646. The van der Waals surface area contributed by atoms with Crippen LogP contribution >= 0.6 is 15.9 Å². The second-order valence-corrected chi connectivity index (χ2v) is 5.19. The van der Waals surface area contributed by atoms with E-state index in [1.54, 1.807) is 6.20 Å². The summed E-state index contributed by atoms with van der Waals surface area (Å²) in [5.41, 5.74) is 1.75. The normalized spacial score (nSPS) is 15.5. The fourth-order valence-electron chi connectivity index (χ4n) is 1.88. The Morgan fingerprint density at radius 3 is 2.80 bits per heavy atom. The van der Waals surface area contributed by atoms with Gasteiger partial charge in [0.2, 0.25) is 0 Å². The van der Waals surface area contributed by atoms with Crippen LogP contribution in [0.2, 0.25) is 0 Å². The second kappa shape index (κ2) is 5.87. The summed E-state index contributed by atoms with van der Waals surface area (Å²) in [6.45, 7) is 3.09. The van der Waals surface area contributed by atoms with E-state index >= 15 is 0 Å². The Morgan fingerprint density at radius 2 is 2.05 bits per heavy atom. The standard InChI is InChI=1S/C14H13BrN2O3/c1-9-4-5-16-14(17-9)20-10-2-3-12(15)11(8-10)13-18-6-7-19-13/h2-5,8,13H,6-7H2,1H3. The molecule has 0 amide bonds. The molecule has 1 aliphatic heterocycles. The van der Waals surface area contributed by atoms with Crippen LogP contribution in [0.25, 0.3) is 0 Å². The van der Waals surface area contributed by atoms with E-state index in [0.717, 1.165) is 15.7 Å². The molecule has 0 bridgehead atoms. The summed E-state index contributed by atoms with van der Waals surface area (Å²) in [6.07, 6.45) is 1.31. The summed E-state index contributed by atoms with van der Waals surface area (Å²) in [5, 5.41) is 0. The highest BCUT2D eigenvalue weighted by molar-refractivity contribution is 9.10. The van der Waals surface area contributed by atoms with E-state index < -0.39 is 0 Å². The summed E-state index contributed by atoms with van der Waals surface area (Å²) >= 11 is 3.49. The van der Waals surface area contributed by atoms with Crippen molar-refractivity contribution >= 4 is 15.9 Å². The maximum Gasteiger partial charge on any atom is 0.322 e. The fourth-order valence-corrected chi connectivity index (χ4v) is 2.32. The van der Waals surface area contributed by atoms with Crippen molar-refractivity contribution in [2.45, 2.75) is 13.2 Å². The van der Waals surface area contributed by atoms with Crippen LogP contribution < -0.4 is 4.74 Å². The molecule has 1 aromatic heterocycles.